The highest BCUT2D eigenvalue weighted by Crippen LogP contribution is 1.94. The summed E-state index contributed by atoms with van der Waals surface area (Å²) in [5.41, 5.74) is 1.06. The van der Waals surface area contributed by atoms with E-state index in [1.54, 1.807) is 0 Å². The Morgan fingerprint density at radius 3 is 3.07 bits per heavy atom. The maximum atomic E-state index is 4.21. The van der Waals surface area contributed by atoms with Gasteiger partial charge in [-0.3, -0.25) is 4.98 Å². The van der Waals surface area contributed by atoms with Crippen LogP contribution in [0.5, 0.6) is 0 Å². The molecule has 0 radical (unpaired) electrons. The molecule has 0 bridgehead atoms. The number of rotatable bonds is 6. The van der Waals surface area contributed by atoms with Crippen molar-refractivity contribution in [3.05, 3.63) is 36.2 Å². The van der Waals surface area contributed by atoms with Crippen LogP contribution >= 0.6 is 0 Å². The summed E-state index contributed by atoms with van der Waals surface area (Å²) >= 11 is 0. The average Bonchev–Trinajstić information content (AvgIpc) is 2.29. The molecule has 0 N–H and O–H groups in total. The Kier molecular flexibility index (Phi) is 6.19. The zero-order chi connectivity index (χ0) is 10.8. The van der Waals surface area contributed by atoms with Gasteiger partial charge in [0.05, 0.1) is 0 Å². The summed E-state index contributed by atoms with van der Waals surface area (Å²) in [5, 5.41) is 0. The molecule has 0 atom stereocenters. The number of aliphatic imine (C=N–C) groups is 1. The van der Waals surface area contributed by atoms with Crippen molar-refractivity contribution in [2.24, 2.45) is 4.99 Å². The molecule has 1 aromatic rings. The highest BCUT2D eigenvalue weighted by Gasteiger charge is 1.86. The van der Waals surface area contributed by atoms with Gasteiger partial charge in [-0.2, -0.15) is 0 Å². The van der Waals surface area contributed by atoms with E-state index >= 15 is 0 Å². The van der Waals surface area contributed by atoms with Crippen LogP contribution in [0.1, 0.15) is 31.9 Å². The van der Waals surface area contributed by atoms with Crippen LogP contribution in [0.3, 0.4) is 0 Å². The smallest absolute Gasteiger partial charge is 0.0483 e. The Morgan fingerprint density at radius 1 is 1.40 bits per heavy atom. The van der Waals surface area contributed by atoms with Crippen LogP contribution in [0.15, 0.2) is 35.5 Å². The van der Waals surface area contributed by atoms with Crippen LogP contribution in [0.25, 0.3) is 0 Å². The van der Waals surface area contributed by atoms with E-state index < -0.39 is 0 Å². The lowest BCUT2D eigenvalue weighted by molar-refractivity contribution is 0.730. The van der Waals surface area contributed by atoms with Gasteiger partial charge in [-0.05, 0) is 30.5 Å². The average molecular weight is 202 g/mol. The van der Waals surface area contributed by atoms with Gasteiger partial charge < -0.3 is 0 Å². The van der Waals surface area contributed by atoms with Crippen molar-refractivity contribution in [3.63, 3.8) is 0 Å². The maximum Gasteiger partial charge on any atom is 0.0483 e. The molecule has 2 nitrogen and oxygen atoms in total. The van der Waals surface area contributed by atoms with Gasteiger partial charge in [-0.25, -0.2) is 4.99 Å². The van der Waals surface area contributed by atoms with Crippen LogP contribution in [0, 0.1) is 0 Å². The van der Waals surface area contributed by atoms with Gasteiger partial charge in [0.25, 0.3) is 0 Å². The van der Waals surface area contributed by atoms with Crippen LogP contribution in [-0.2, 0) is 6.42 Å². The number of aromatic nitrogens is 1. The third kappa shape index (κ3) is 5.82. The molecule has 80 valence electrons. The second-order valence-electron chi connectivity index (χ2n) is 3.45. The maximum absolute atomic E-state index is 4.21. The molecular formula is C13H18N2. The first kappa shape index (κ1) is 11.7. The summed E-state index contributed by atoms with van der Waals surface area (Å²) in [6, 6.07) is 5.93. The van der Waals surface area contributed by atoms with Crippen molar-refractivity contribution in [1.82, 2.24) is 4.98 Å². The van der Waals surface area contributed by atoms with E-state index in [2.05, 4.69) is 22.8 Å². The molecule has 1 heterocycles. The van der Waals surface area contributed by atoms with Crippen LogP contribution in [0.2, 0.25) is 0 Å². The molecule has 0 saturated carbocycles. The third-order valence-corrected chi connectivity index (χ3v) is 2.09. The molecule has 0 aliphatic rings. The van der Waals surface area contributed by atoms with Gasteiger partial charge >= 0.3 is 0 Å². The molecule has 0 aromatic carbocycles. The zero-order valence-corrected chi connectivity index (χ0v) is 9.32. The molecular weight excluding hydrogens is 184 g/mol. The quantitative estimate of drug-likeness (QED) is 0.514. The lowest BCUT2D eigenvalue weighted by atomic mass is 10.2. The summed E-state index contributed by atoms with van der Waals surface area (Å²) in [6.45, 7) is 3.09. The fraction of sp³-hybridized carbons (Fsp3) is 0.462. The monoisotopic (exact) mass is 202 g/mol. The van der Waals surface area contributed by atoms with Crippen molar-refractivity contribution in [2.75, 3.05) is 6.54 Å². The summed E-state index contributed by atoms with van der Waals surface area (Å²) in [7, 11) is 0. The second kappa shape index (κ2) is 7.95. The molecule has 0 unspecified atom stereocenters. The van der Waals surface area contributed by atoms with Gasteiger partial charge in [-0.15, -0.1) is 0 Å². The SMILES string of the molecule is CCCCCN=C=CCc1ccccn1. The summed E-state index contributed by atoms with van der Waals surface area (Å²) < 4.78 is 0. The Morgan fingerprint density at radius 2 is 2.33 bits per heavy atom. The van der Waals surface area contributed by atoms with E-state index in [0.717, 1.165) is 18.7 Å². The minimum atomic E-state index is 0.818. The molecule has 0 aliphatic heterocycles. The van der Waals surface area contributed by atoms with E-state index in [-0.39, 0.29) is 0 Å². The van der Waals surface area contributed by atoms with E-state index in [9.17, 15) is 0 Å². The molecule has 1 rings (SSSR count). The minimum absolute atomic E-state index is 0.818. The molecule has 15 heavy (non-hydrogen) atoms. The van der Waals surface area contributed by atoms with Crippen molar-refractivity contribution in [1.29, 1.82) is 0 Å². The van der Waals surface area contributed by atoms with E-state index in [1.165, 1.54) is 19.3 Å². The lowest BCUT2D eigenvalue weighted by Crippen LogP contribution is -1.84. The topological polar surface area (TPSA) is 25.2 Å². The van der Waals surface area contributed by atoms with Gasteiger partial charge in [0.15, 0.2) is 0 Å². The number of pyridine rings is 1. The summed E-state index contributed by atoms with van der Waals surface area (Å²) in [4.78, 5) is 8.40. The predicted octanol–water partition coefficient (Wildman–Crippen LogP) is 3.04. The Bertz CT molecular complexity index is 311. The number of allylic oxidation sites excluding steroid dienone is 1. The number of unbranched alkanes of at least 4 members (excludes halogenated alkanes) is 2. The van der Waals surface area contributed by atoms with E-state index in [4.69, 9.17) is 0 Å². The zero-order valence-electron chi connectivity index (χ0n) is 9.32. The van der Waals surface area contributed by atoms with E-state index in [0.29, 0.717) is 0 Å². The summed E-state index contributed by atoms with van der Waals surface area (Å²) in [5.74, 6) is 2.95. The van der Waals surface area contributed by atoms with Crippen molar-refractivity contribution in [3.8, 4) is 0 Å². The molecule has 1 aromatic heterocycles. The van der Waals surface area contributed by atoms with Crippen molar-refractivity contribution in [2.45, 2.75) is 32.6 Å². The lowest BCUT2D eigenvalue weighted by Gasteiger charge is -1.91. The fourth-order valence-electron chi connectivity index (χ4n) is 1.24. The number of hydrogen-bond acceptors (Lipinski definition) is 2. The van der Waals surface area contributed by atoms with Gasteiger partial charge in [0, 0.05) is 24.9 Å². The second-order valence-corrected chi connectivity index (χ2v) is 3.45. The standard InChI is InChI=1S/C13H18N2/c1-2-3-5-10-14-11-7-9-13-8-4-6-12-15-13/h4,6-8,12H,2-3,5,9-10H2,1H3. The molecule has 0 spiro atoms. The highest BCUT2D eigenvalue weighted by atomic mass is 14.7. The molecule has 0 saturated heterocycles. The van der Waals surface area contributed by atoms with Crippen molar-refractivity contribution >= 4 is 5.87 Å². The van der Waals surface area contributed by atoms with Crippen LogP contribution < -0.4 is 0 Å². The fourth-order valence-corrected chi connectivity index (χ4v) is 1.24. The first-order valence-electron chi connectivity index (χ1n) is 5.57. The van der Waals surface area contributed by atoms with Gasteiger partial charge in [0.1, 0.15) is 0 Å². The molecule has 0 amide bonds. The first-order chi connectivity index (χ1) is 7.43. The third-order valence-electron chi connectivity index (χ3n) is 2.09. The van der Waals surface area contributed by atoms with Gasteiger partial charge in [-0.1, -0.05) is 25.8 Å². The minimum Gasteiger partial charge on any atom is -0.261 e. The number of hydrogen-bond donors (Lipinski definition) is 0. The van der Waals surface area contributed by atoms with E-state index in [1.807, 2.05) is 30.5 Å². The predicted molar refractivity (Wildman–Crippen MR) is 64.3 cm³/mol. The molecule has 0 aliphatic carbocycles. The first-order valence-corrected chi connectivity index (χ1v) is 5.57. The Balaban J connectivity index is 2.21. The Hall–Kier alpha value is -1.40. The number of nitrogens with zero attached hydrogens (tertiary/aromatic N) is 2. The molecule has 2 heteroatoms. The van der Waals surface area contributed by atoms with Crippen LogP contribution in [0.4, 0.5) is 0 Å². The van der Waals surface area contributed by atoms with Crippen LogP contribution in [-0.4, -0.2) is 17.4 Å². The van der Waals surface area contributed by atoms with Gasteiger partial charge in [0.2, 0.25) is 0 Å². The Labute approximate surface area is 91.8 Å². The molecule has 0 fully saturated rings. The van der Waals surface area contributed by atoms with Crippen molar-refractivity contribution < 1.29 is 0 Å². The summed E-state index contributed by atoms with van der Waals surface area (Å²) in [6.07, 6.45) is 8.23. The largest absolute Gasteiger partial charge is 0.261 e. The normalized spacial score (nSPS) is 9.40. The highest BCUT2D eigenvalue weighted by molar-refractivity contribution is 5.52.